The van der Waals surface area contributed by atoms with Crippen molar-refractivity contribution in [3.05, 3.63) is 54.1 Å². The molecule has 0 amide bonds. The predicted octanol–water partition coefficient (Wildman–Crippen LogP) is 0.954. The van der Waals surface area contributed by atoms with Crippen LogP contribution < -0.4 is 14.9 Å². The molecule has 0 saturated heterocycles. The fourth-order valence-electron chi connectivity index (χ4n) is 1.78. The van der Waals surface area contributed by atoms with Gasteiger partial charge in [0.2, 0.25) is 0 Å². The first-order valence-corrected chi connectivity index (χ1v) is 5.92. The molecule has 0 unspecified atom stereocenters. The Bertz CT molecular complexity index is 528. The maximum atomic E-state index is 9.34. The minimum Gasteiger partial charge on any atom is -0.493 e. The zero-order valence-corrected chi connectivity index (χ0v) is 10.6. The molecule has 5 heteroatoms. The van der Waals surface area contributed by atoms with Gasteiger partial charge >= 0.3 is 7.12 Å². The molecule has 19 heavy (non-hydrogen) atoms. The Morgan fingerprint density at radius 1 is 1.00 bits per heavy atom. The molecule has 0 aliphatic rings. The molecule has 0 saturated carbocycles. The number of benzene rings is 2. The summed E-state index contributed by atoms with van der Waals surface area (Å²) in [5.41, 5.74) is 1.28. The van der Waals surface area contributed by atoms with Crippen LogP contribution in [-0.2, 0) is 6.61 Å². The van der Waals surface area contributed by atoms with Crippen molar-refractivity contribution in [2.45, 2.75) is 6.61 Å². The predicted molar refractivity (Wildman–Crippen MR) is 73.6 cm³/mol. The van der Waals surface area contributed by atoms with Gasteiger partial charge in [-0.2, -0.15) is 0 Å². The van der Waals surface area contributed by atoms with Crippen LogP contribution in [0.2, 0.25) is 0 Å². The van der Waals surface area contributed by atoms with Gasteiger partial charge in [0, 0.05) is 5.46 Å². The van der Waals surface area contributed by atoms with Crippen LogP contribution in [0.3, 0.4) is 0 Å². The first-order chi connectivity index (χ1) is 9.22. The van der Waals surface area contributed by atoms with E-state index in [1.54, 1.807) is 18.2 Å². The molecular formula is C14H15BO4. The highest BCUT2D eigenvalue weighted by Gasteiger charge is 2.20. The van der Waals surface area contributed by atoms with E-state index in [1.807, 2.05) is 30.3 Å². The van der Waals surface area contributed by atoms with Gasteiger partial charge in [0.1, 0.15) is 6.61 Å². The van der Waals surface area contributed by atoms with E-state index in [2.05, 4.69) is 0 Å². The van der Waals surface area contributed by atoms with Crippen molar-refractivity contribution >= 4 is 12.6 Å². The molecule has 0 heterocycles. The van der Waals surface area contributed by atoms with Crippen LogP contribution in [0.15, 0.2) is 48.5 Å². The van der Waals surface area contributed by atoms with E-state index < -0.39 is 7.12 Å². The Balaban J connectivity index is 2.23. The van der Waals surface area contributed by atoms with Crippen molar-refractivity contribution in [3.63, 3.8) is 0 Å². The fraction of sp³-hybridized carbons (Fsp3) is 0.143. The Morgan fingerprint density at radius 3 is 2.37 bits per heavy atom. The topological polar surface area (TPSA) is 58.9 Å². The number of para-hydroxylation sites is 1. The summed E-state index contributed by atoms with van der Waals surface area (Å²) in [5, 5.41) is 18.7. The molecule has 0 bridgehead atoms. The first-order valence-electron chi connectivity index (χ1n) is 5.92. The van der Waals surface area contributed by atoms with Crippen molar-refractivity contribution in [1.29, 1.82) is 0 Å². The molecule has 2 N–H and O–H groups in total. The lowest BCUT2D eigenvalue weighted by molar-refractivity contribution is 0.285. The molecule has 2 rings (SSSR count). The third-order valence-corrected chi connectivity index (χ3v) is 2.73. The second kappa shape index (κ2) is 6.27. The van der Waals surface area contributed by atoms with Gasteiger partial charge in [-0.25, -0.2) is 0 Å². The Hall–Kier alpha value is -1.98. The van der Waals surface area contributed by atoms with Gasteiger partial charge in [0.25, 0.3) is 0 Å². The molecule has 2 aromatic rings. The van der Waals surface area contributed by atoms with E-state index in [1.165, 1.54) is 7.11 Å². The van der Waals surface area contributed by atoms with Crippen molar-refractivity contribution in [1.82, 2.24) is 0 Å². The summed E-state index contributed by atoms with van der Waals surface area (Å²) < 4.78 is 10.8. The van der Waals surface area contributed by atoms with Crippen molar-refractivity contribution in [2.75, 3.05) is 7.11 Å². The van der Waals surface area contributed by atoms with E-state index in [-0.39, 0.29) is 5.46 Å². The van der Waals surface area contributed by atoms with Crippen LogP contribution >= 0.6 is 0 Å². The summed E-state index contributed by atoms with van der Waals surface area (Å²) in [5.74, 6) is 0.824. The Morgan fingerprint density at radius 2 is 1.74 bits per heavy atom. The van der Waals surface area contributed by atoms with Crippen LogP contribution in [0.1, 0.15) is 5.56 Å². The largest absolute Gasteiger partial charge is 0.493 e. The second-order valence-electron chi connectivity index (χ2n) is 4.03. The second-order valence-corrected chi connectivity index (χ2v) is 4.03. The summed E-state index contributed by atoms with van der Waals surface area (Å²) in [4.78, 5) is 0. The summed E-state index contributed by atoms with van der Waals surface area (Å²) >= 11 is 0. The smallest absolute Gasteiger partial charge is 0.492 e. The van der Waals surface area contributed by atoms with Gasteiger partial charge in [-0.1, -0.05) is 42.5 Å². The van der Waals surface area contributed by atoms with Crippen LogP contribution in [0.5, 0.6) is 11.5 Å². The molecule has 0 spiro atoms. The average molecular weight is 258 g/mol. The molecule has 0 aromatic heterocycles. The maximum absolute atomic E-state index is 9.34. The summed E-state index contributed by atoms with van der Waals surface area (Å²) in [6, 6.07) is 14.6. The number of methoxy groups -OCH3 is 1. The molecule has 0 aliphatic heterocycles. The highest BCUT2D eigenvalue weighted by molar-refractivity contribution is 6.59. The van der Waals surface area contributed by atoms with Gasteiger partial charge < -0.3 is 19.5 Å². The molecule has 98 valence electrons. The summed E-state index contributed by atoms with van der Waals surface area (Å²) in [6.07, 6.45) is 0. The van der Waals surface area contributed by atoms with E-state index >= 15 is 0 Å². The van der Waals surface area contributed by atoms with Crippen molar-refractivity contribution in [3.8, 4) is 11.5 Å². The zero-order chi connectivity index (χ0) is 13.7. The minimum atomic E-state index is -1.60. The van der Waals surface area contributed by atoms with E-state index in [0.29, 0.717) is 18.1 Å². The maximum Gasteiger partial charge on any atom is 0.492 e. The van der Waals surface area contributed by atoms with Crippen molar-refractivity contribution < 1.29 is 19.5 Å². The van der Waals surface area contributed by atoms with Crippen molar-refractivity contribution in [2.24, 2.45) is 0 Å². The number of hydrogen-bond acceptors (Lipinski definition) is 4. The molecule has 0 atom stereocenters. The minimum absolute atomic E-state index is 0.287. The number of ether oxygens (including phenoxy) is 2. The van der Waals surface area contributed by atoms with Crippen LogP contribution in [-0.4, -0.2) is 24.3 Å². The highest BCUT2D eigenvalue weighted by atomic mass is 16.5. The Labute approximate surface area is 112 Å². The number of hydrogen-bond donors (Lipinski definition) is 2. The third kappa shape index (κ3) is 3.27. The fourth-order valence-corrected chi connectivity index (χ4v) is 1.78. The lowest BCUT2D eigenvalue weighted by atomic mass is 9.79. The van der Waals surface area contributed by atoms with Crippen LogP contribution in [0.25, 0.3) is 0 Å². The SMILES string of the molecule is COc1cccc(B(O)O)c1OCc1ccccc1. The van der Waals surface area contributed by atoms with Gasteiger partial charge in [0.05, 0.1) is 7.11 Å². The van der Waals surface area contributed by atoms with Gasteiger partial charge in [-0.15, -0.1) is 0 Å². The molecule has 0 fully saturated rings. The standard InChI is InChI=1S/C14H15BO4/c1-18-13-9-5-8-12(15(16)17)14(13)19-10-11-6-3-2-4-7-11/h2-9,16-17H,10H2,1H3. The zero-order valence-electron chi connectivity index (χ0n) is 10.6. The first kappa shape index (κ1) is 13.5. The molecular weight excluding hydrogens is 243 g/mol. The molecule has 0 radical (unpaired) electrons. The normalized spacial score (nSPS) is 10.1. The van der Waals surface area contributed by atoms with Gasteiger partial charge in [-0.05, 0) is 11.6 Å². The van der Waals surface area contributed by atoms with Gasteiger partial charge in [0.15, 0.2) is 11.5 Å². The van der Waals surface area contributed by atoms with Crippen LogP contribution in [0, 0.1) is 0 Å². The summed E-state index contributed by atoms with van der Waals surface area (Å²) in [7, 11) is -0.0843. The lowest BCUT2D eigenvalue weighted by Crippen LogP contribution is -2.31. The quantitative estimate of drug-likeness (QED) is 0.784. The van der Waals surface area contributed by atoms with E-state index in [0.717, 1.165) is 5.56 Å². The molecule has 2 aromatic carbocycles. The monoisotopic (exact) mass is 258 g/mol. The molecule has 0 aliphatic carbocycles. The Kier molecular flexibility index (Phi) is 4.44. The van der Waals surface area contributed by atoms with E-state index in [4.69, 9.17) is 9.47 Å². The van der Waals surface area contributed by atoms with E-state index in [9.17, 15) is 10.0 Å². The summed E-state index contributed by atoms with van der Waals surface area (Å²) in [6.45, 7) is 0.334. The van der Waals surface area contributed by atoms with Crippen LogP contribution in [0.4, 0.5) is 0 Å². The van der Waals surface area contributed by atoms with Gasteiger partial charge in [-0.3, -0.25) is 0 Å². The lowest BCUT2D eigenvalue weighted by Gasteiger charge is -2.14. The highest BCUT2D eigenvalue weighted by Crippen LogP contribution is 2.25. The third-order valence-electron chi connectivity index (χ3n) is 2.73. The number of rotatable bonds is 5. The average Bonchev–Trinajstić information content (AvgIpc) is 2.45. The molecule has 4 nitrogen and oxygen atoms in total.